The highest BCUT2D eigenvalue weighted by atomic mass is 16.5. The zero-order chi connectivity index (χ0) is 17.3. The van der Waals surface area contributed by atoms with E-state index in [9.17, 15) is 9.59 Å². The van der Waals surface area contributed by atoms with Crippen molar-refractivity contribution in [3.8, 4) is 0 Å². The summed E-state index contributed by atoms with van der Waals surface area (Å²) >= 11 is 0. The Labute approximate surface area is 142 Å². The van der Waals surface area contributed by atoms with E-state index in [-0.39, 0.29) is 24.0 Å². The summed E-state index contributed by atoms with van der Waals surface area (Å²) in [5, 5.41) is 0. The molecule has 0 fully saturated rings. The lowest BCUT2D eigenvalue weighted by Gasteiger charge is -2.39. The average molecular weight is 323 g/mol. The summed E-state index contributed by atoms with van der Waals surface area (Å²) in [6.45, 7) is 5.40. The van der Waals surface area contributed by atoms with Gasteiger partial charge in [0.2, 0.25) is 0 Å². The lowest BCUT2D eigenvalue weighted by atomic mass is 9.91. The number of anilines is 1. The Morgan fingerprint density at radius 1 is 1.12 bits per heavy atom. The van der Waals surface area contributed by atoms with Crippen molar-refractivity contribution in [1.82, 2.24) is 0 Å². The molecule has 0 saturated heterocycles. The fourth-order valence-corrected chi connectivity index (χ4v) is 3.27. The lowest BCUT2D eigenvalue weighted by molar-refractivity contribution is -0.147. The maximum Gasteiger partial charge on any atom is 0.303 e. The van der Waals surface area contributed by atoms with E-state index in [1.807, 2.05) is 67.3 Å². The largest absolute Gasteiger partial charge is 0.458 e. The summed E-state index contributed by atoms with van der Waals surface area (Å²) in [5.41, 5.74) is 3.45. The number of ether oxygens (including phenoxy) is 1. The van der Waals surface area contributed by atoms with E-state index < -0.39 is 0 Å². The Balaban J connectivity index is 2.05. The smallest absolute Gasteiger partial charge is 0.303 e. The Morgan fingerprint density at radius 3 is 2.50 bits per heavy atom. The van der Waals surface area contributed by atoms with Crippen molar-refractivity contribution in [1.29, 1.82) is 0 Å². The normalized spacial score (nSPS) is 19.5. The summed E-state index contributed by atoms with van der Waals surface area (Å²) in [4.78, 5) is 26.3. The number of fused-ring (bicyclic) bond motifs is 1. The van der Waals surface area contributed by atoms with E-state index in [1.54, 1.807) is 0 Å². The molecule has 1 amide bonds. The topological polar surface area (TPSA) is 46.6 Å². The Kier molecular flexibility index (Phi) is 4.38. The van der Waals surface area contributed by atoms with Crippen LogP contribution in [-0.4, -0.2) is 17.9 Å². The number of amides is 1. The van der Waals surface area contributed by atoms with Crippen molar-refractivity contribution in [3.63, 3.8) is 0 Å². The highest BCUT2D eigenvalue weighted by molar-refractivity contribution is 6.07. The first-order chi connectivity index (χ1) is 11.5. The van der Waals surface area contributed by atoms with Gasteiger partial charge in [-0.05, 0) is 32.0 Å². The van der Waals surface area contributed by atoms with Gasteiger partial charge in [0, 0.05) is 30.5 Å². The second kappa shape index (κ2) is 6.48. The van der Waals surface area contributed by atoms with Crippen molar-refractivity contribution >= 4 is 17.6 Å². The van der Waals surface area contributed by atoms with E-state index in [0.29, 0.717) is 12.0 Å². The van der Waals surface area contributed by atoms with Crippen molar-refractivity contribution < 1.29 is 14.3 Å². The first kappa shape index (κ1) is 16.2. The van der Waals surface area contributed by atoms with Crippen molar-refractivity contribution in [3.05, 3.63) is 65.2 Å². The monoisotopic (exact) mass is 323 g/mol. The molecule has 24 heavy (non-hydrogen) atoms. The molecule has 1 heterocycles. The Morgan fingerprint density at radius 2 is 1.83 bits per heavy atom. The predicted octanol–water partition coefficient (Wildman–Crippen LogP) is 4.04. The molecular formula is C20H21NO3. The molecule has 0 aliphatic carbocycles. The average Bonchev–Trinajstić information content (AvgIpc) is 2.55. The van der Waals surface area contributed by atoms with Gasteiger partial charge in [0.25, 0.3) is 5.91 Å². The standard InChI is InChI=1S/C20H21NO3/c1-13-9-10-18-17(11-13)19(24-15(3)22)12-14(2)21(18)20(23)16-7-5-4-6-8-16/h4-11,14,19H,12H2,1-3H3/t14-,19-/m0/s1. The summed E-state index contributed by atoms with van der Waals surface area (Å²) in [6.07, 6.45) is 0.279. The third kappa shape index (κ3) is 3.04. The minimum atomic E-state index is -0.313. The molecule has 3 rings (SSSR count). The Bertz CT molecular complexity index is 770. The van der Waals surface area contributed by atoms with Gasteiger partial charge in [-0.25, -0.2) is 0 Å². The van der Waals surface area contributed by atoms with Crippen molar-refractivity contribution in [2.45, 2.75) is 39.3 Å². The van der Waals surface area contributed by atoms with Crippen LogP contribution in [0.5, 0.6) is 0 Å². The first-order valence-corrected chi connectivity index (χ1v) is 8.13. The number of rotatable bonds is 2. The van der Waals surface area contributed by atoms with Gasteiger partial charge in [-0.15, -0.1) is 0 Å². The fourth-order valence-electron chi connectivity index (χ4n) is 3.27. The highest BCUT2D eigenvalue weighted by Gasteiger charge is 2.35. The number of carbonyl (C=O) groups excluding carboxylic acids is 2. The molecule has 0 bridgehead atoms. The lowest BCUT2D eigenvalue weighted by Crippen LogP contribution is -2.43. The summed E-state index contributed by atoms with van der Waals surface area (Å²) in [5.74, 6) is -0.336. The van der Waals surface area contributed by atoms with Gasteiger partial charge in [-0.3, -0.25) is 9.59 Å². The molecule has 1 aliphatic rings. The van der Waals surface area contributed by atoms with Crippen LogP contribution in [0.15, 0.2) is 48.5 Å². The molecule has 2 atom stereocenters. The molecule has 2 aromatic rings. The van der Waals surface area contributed by atoms with Crippen LogP contribution in [0.1, 0.15) is 47.9 Å². The number of benzene rings is 2. The second-order valence-corrected chi connectivity index (χ2v) is 6.29. The van der Waals surface area contributed by atoms with Crippen LogP contribution in [-0.2, 0) is 9.53 Å². The number of aryl methyl sites for hydroxylation is 1. The van der Waals surface area contributed by atoms with Crippen molar-refractivity contribution in [2.24, 2.45) is 0 Å². The van der Waals surface area contributed by atoms with Gasteiger partial charge in [-0.1, -0.05) is 35.9 Å². The molecule has 4 heteroatoms. The summed E-state index contributed by atoms with van der Waals surface area (Å²) < 4.78 is 5.50. The third-order valence-corrected chi connectivity index (χ3v) is 4.33. The SMILES string of the molecule is CC(=O)O[C@H]1C[C@H](C)N(C(=O)c2ccccc2)c2ccc(C)cc21. The highest BCUT2D eigenvalue weighted by Crippen LogP contribution is 2.40. The molecule has 0 radical (unpaired) electrons. The van der Waals surface area contributed by atoms with Gasteiger partial charge >= 0.3 is 5.97 Å². The first-order valence-electron chi connectivity index (χ1n) is 8.13. The molecule has 0 unspecified atom stereocenters. The minimum absolute atomic E-state index is 0.0329. The van der Waals surface area contributed by atoms with Gasteiger partial charge in [0.15, 0.2) is 0 Å². The van der Waals surface area contributed by atoms with E-state index in [1.165, 1.54) is 6.92 Å². The van der Waals surface area contributed by atoms with E-state index >= 15 is 0 Å². The molecule has 0 saturated carbocycles. The minimum Gasteiger partial charge on any atom is -0.458 e. The summed E-state index contributed by atoms with van der Waals surface area (Å²) in [7, 11) is 0. The van der Waals surface area contributed by atoms with Crippen LogP contribution in [0.4, 0.5) is 5.69 Å². The zero-order valence-corrected chi connectivity index (χ0v) is 14.2. The van der Waals surface area contributed by atoms with Gasteiger partial charge in [0.1, 0.15) is 6.10 Å². The van der Waals surface area contributed by atoms with Crippen LogP contribution in [0.3, 0.4) is 0 Å². The molecule has 4 nitrogen and oxygen atoms in total. The maximum absolute atomic E-state index is 13.0. The predicted molar refractivity (Wildman–Crippen MR) is 93.0 cm³/mol. The van der Waals surface area contributed by atoms with Gasteiger partial charge in [0.05, 0.1) is 5.69 Å². The van der Waals surface area contributed by atoms with E-state index in [2.05, 4.69) is 0 Å². The summed E-state index contributed by atoms with van der Waals surface area (Å²) in [6, 6.07) is 15.1. The zero-order valence-electron chi connectivity index (χ0n) is 14.2. The number of nitrogens with zero attached hydrogens (tertiary/aromatic N) is 1. The Hall–Kier alpha value is -2.62. The molecule has 0 N–H and O–H groups in total. The maximum atomic E-state index is 13.0. The molecule has 1 aliphatic heterocycles. The molecular weight excluding hydrogens is 302 g/mol. The fraction of sp³-hybridized carbons (Fsp3) is 0.300. The van der Waals surface area contributed by atoms with Crippen LogP contribution < -0.4 is 4.90 Å². The quantitative estimate of drug-likeness (QED) is 0.784. The van der Waals surface area contributed by atoms with Gasteiger partial charge < -0.3 is 9.64 Å². The van der Waals surface area contributed by atoms with Crippen LogP contribution in [0.25, 0.3) is 0 Å². The van der Waals surface area contributed by atoms with Crippen molar-refractivity contribution in [2.75, 3.05) is 4.90 Å². The number of esters is 1. The molecule has 0 spiro atoms. The number of hydrogen-bond acceptors (Lipinski definition) is 3. The molecule has 124 valence electrons. The van der Waals surface area contributed by atoms with E-state index in [4.69, 9.17) is 4.74 Å². The van der Waals surface area contributed by atoms with Crippen LogP contribution in [0.2, 0.25) is 0 Å². The third-order valence-electron chi connectivity index (χ3n) is 4.33. The van der Waals surface area contributed by atoms with Crippen LogP contribution >= 0.6 is 0 Å². The number of hydrogen-bond donors (Lipinski definition) is 0. The van der Waals surface area contributed by atoms with Crippen LogP contribution in [0, 0.1) is 6.92 Å². The molecule has 0 aromatic heterocycles. The van der Waals surface area contributed by atoms with Gasteiger partial charge in [-0.2, -0.15) is 0 Å². The second-order valence-electron chi connectivity index (χ2n) is 6.29. The van der Waals surface area contributed by atoms with E-state index in [0.717, 1.165) is 16.8 Å². The number of carbonyl (C=O) groups is 2. The molecule has 2 aromatic carbocycles.